The van der Waals surface area contributed by atoms with Crippen LogP contribution in [0.5, 0.6) is 0 Å². The third kappa shape index (κ3) is 2.22. The fraction of sp³-hybridized carbons (Fsp3) is 0.0833. The van der Waals surface area contributed by atoms with E-state index in [2.05, 4.69) is 9.97 Å². The Hall–Kier alpha value is -2.63. The zero-order chi connectivity index (χ0) is 13.1. The first kappa shape index (κ1) is 11.8. The second-order valence-corrected chi connectivity index (χ2v) is 3.68. The van der Waals surface area contributed by atoms with Crippen LogP contribution < -0.4 is 10.6 Å². The van der Waals surface area contributed by atoms with Crippen LogP contribution in [0.1, 0.15) is 10.5 Å². The van der Waals surface area contributed by atoms with Crippen LogP contribution in [0.15, 0.2) is 36.7 Å². The molecule has 0 aliphatic carbocycles. The second-order valence-electron chi connectivity index (χ2n) is 3.68. The number of anilines is 3. The fourth-order valence-corrected chi connectivity index (χ4v) is 1.52. The molecule has 0 aromatic carbocycles. The molecule has 6 heteroatoms. The molecule has 2 heterocycles. The van der Waals surface area contributed by atoms with Crippen molar-refractivity contribution in [3.05, 3.63) is 42.4 Å². The lowest BCUT2D eigenvalue weighted by molar-refractivity contribution is 0.0690. The van der Waals surface area contributed by atoms with Crippen LogP contribution in [-0.4, -0.2) is 28.1 Å². The van der Waals surface area contributed by atoms with Crippen LogP contribution in [0.2, 0.25) is 0 Å². The molecule has 2 aromatic heterocycles. The van der Waals surface area contributed by atoms with E-state index in [1.165, 1.54) is 12.1 Å². The Morgan fingerprint density at radius 1 is 1.39 bits per heavy atom. The average molecular weight is 244 g/mol. The van der Waals surface area contributed by atoms with E-state index in [0.29, 0.717) is 11.5 Å². The maximum atomic E-state index is 10.9. The van der Waals surface area contributed by atoms with Crippen LogP contribution in [0.3, 0.4) is 0 Å². The summed E-state index contributed by atoms with van der Waals surface area (Å²) in [7, 11) is 1.75. The Kier molecular flexibility index (Phi) is 3.09. The van der Waals surface area contributed by atoms with Gasteiger partial charge in [-0.1, -0.05) is 0 Å². The van der Waals surface area contributed by atoms with Crippen molar-refractivity contribution in [2.24, 2.45) is 0 Å². The van der Waals surface area contributed by atoms with E-state index in [0.717, 1.165) is 5.69 Å². The molecule has 0 fully saturated rings. The lowest BCUT2D eigenvalue weighted by atomic mass is 10.3. The minimum absolute atomic E-state index is 0.0464. The van der Waals surface area contributed by atoms with Crippen LogP contribution in [-0.2, 0) is 0 Å². The van der Waals surface area contributed by atoms with Crippen molar-refractivity contribution >= 4 is 23.2 Å². The Balaban J connectivity index is 2.44. The predicted octanol–water partition coefficient (Wildman–Crippen LogP) is 1.52. The monoisotopic (exact) mass is 244 g/mol. The molecule has 18 heavy (non-hydrogen) atoms. The Bertz CT molecular complexity index is 572. The number of carbonyl (C=O) groups is 1. The lowest BCUT2D eigenvalue weighted by Gasteiger charge is -2.19. The summed E-state index contributed by atoms with van der Waals surface area (Å²) in [6, 6.07) is 6.52. The van der Waals surface area contributed by atoms with Gasteiger partial charge in [0.05, 0.1) is 17.6 Å². The van der Waals surface area contributed by atoms with E-state index in [4.69, 9.17) is 10.8 Å². The molecule has 0 saturated carbocycles. The summed E-state index contributed by atoms with van der Waals surface area (Å²) < 4.78 is 0. The molecular weight excluding hydrogens is 232 g/mol. The fourth-order valence-electron chi connectivity index (χ4n) is 1.52. The van der Waals surface area contributed by atoms with Crippen molar-refractivity contribution in [1.29, 1.82) is 0 Å². The summed E-state index contributed by atoms with van der Waals surface area (Å²) in [5.41, 5.74) is 6.95. The van der Waals surface area contributed by atoms with Gasteiger partial charge in [0.15, 0.2) is 11.5 Å². The van der Waals surface area contributed by atoms with Crippen LogP contribution >= 0.6 is 0 Å². The topological polar surface area (TPSA) is 92.3 Å². The van der Waals surface area contributed by atoms with Gasteiger partial charge in [0.2, 0.25) is 0 Å². The lowest BCUT2D eigenvalue weighted by Crippen LogP contribution is -2.15. The molecule has 0 radical (unpaired) electrons. The van der Waals surface area contributed by atoms with Gasteiger partial charge in [-0.3, -0.25) is 4.98 Å². The van der Waals surface area contributed by atoms with E-state index in [1.807, 2.05) is 6.07 Å². The smallest absolute Gasteiger partial charge is 0.354 e. The van der Waals surface area contributed by atoms with E-state index in [-0.39, 0.29) is 5.69 Å². The zero-order valence-electron chi connectivity index (χ0n) is 9.74. The molecule has 3 N–H and O–H groups in total. The van der Waals surface area contributed by atoms with Gasteiger partial charge < -0.3 is 15.7 Å². The van der Waals surface area contributed by atoms with Crippen molar-refractivity contribution in [3.63, 3.8) is 0 Å². The first-order chi connectivity index (χ1) is 8.59. The number of nitrogen functional groups attached to an aromatic ring is 1. The minimum Gasteiger partial charge on any atom is -0.477 e. The van der Waals surface area contributed by atoms with Crippen LogP contribution in [0.25, 0.3) is 0 Å². The summed E-state index contributed by atoms with van der Waals surface area (Å²) >= 11 is 0. The van der Waals surface area contributed by atoms with Gasteiger partial charge in [0.25, 0.3) is 0 Å². The quantitative estimate of drug-likeness (QED) is 0.850. The first-order valence-corrected chi connectivity index (χ1v) is 5.23. The number of aromatic carboxylic acids is 1. The number of nitrogens with two attached hydrogens (primary N) is 1. The molecule has 0 atom stereocenters. The normalized spacial score (nSPS) is 10.1. The molecule has 6 nitrogen and oxygen atoms in total. The highest BCUT2D eigenvalue weighted by Gasteiger charge is 2.13. The zero-order valence-corrected chi connectivity index (χ0v) is 9.74. The van der Waals surface area contributed by atoms with Gasteiger partial charge in [-0.05, 0) is 24.3 Å². The standard InChI is InChI=1S/C12H12N4O2/c1-16(8-3-2-6-14-7-8)11-9(13)4-5-10(15-11)12(17)18/h2-7H,13H2,1H3,(H,17,18). The number of rotatable bonds is 3. The number of pyridine rings is 2. The van der Waals surface area contributed by atoms with Crippen molar-refractivity contribution in [3.8, 4) is 0 Å². The molecule has 0 bridgehead atoms. The Morgan fingerprint density at radius 3 is 2.78 bits per heavy atom. The number of carboxylic acid groups (broad SMARTS) is 1. The number of hydrogen-bond acceptors (Lipinski definition) is 5. The summed E-state index contributed by atoms with van der Waals surface area (Å²) in [4.78, 5) is 20.6. The number of carboxylic acids is 1. The third-order valence-corrected chi connectivity index (χ3v) is 2.48. The summed E-state index contributed by atoms with van der Waals surface area (Å²) in [6.07, 6.45) is 3.30. The highest BCUT2D eigenvalue weighted by molar-refractivity contribution is 5.87. The van der Waals surface area contributed by atoms with Gasteiger partial charge in [-0.15, -0.1) is 0 Å². The van der Waals surface area contributed by atoms with E-state index in [9.17, 15) is 4.79 Å². The summed E-state index contributed by atoms with van der Waals surface area (Å²) in [5, 5.41) is 8.92. The predicted molar refractivity (Wildman–Crippen MR) is 67.9 cm³/mol. The highest BCUT2D eigenvalue weighted by Crippen LogP contribution is 2.26. The molecule has 2 aromatic rings. The maximum Gasteiger partial charge on any atom is 0.354 e. The molecule has 0 aliphatic rings. The third-order valence-electron chi connectivity index (χ3n) is 2.48. The van der Waals surface area contributed by atoms with Gasteiger partial charge >= 0.3 is 5.97 Å². The Morgan fingerprint density at radius 2 is 2.17 bits per heavy atom. The van der Waals surface area contributed by atoms with Gasteiger partial charge in [0, 0.05) is 13.2 Å². The number of hydrogen-bond donors (Lipinski definition) is 2. The van der Waals surface area contributed by atoms with E-state index < -0.39 is 5.97 Å². The molecular formula is C12H12N4O2. The minimum atomic E-state index is -1.09. The summed E-state index contributed by atoms with van der Waals surface area (Å²) in [6.45, 7) is 0. The molecule has 0 aliphatic heterocycles. The van der Waals surface area contributed by atoms with Gasteiger partial charge in [0.1, 0.15) is 0 Å². The average Bonchev–Trinajstić information content (AvgIpc) is 2.39. The molecule has 0 unspecified atom stereocenters. The van der Waals surface area contributed by atoms with Gasteiger partial charge in [-0.2, -0.15) is 0 Å². The molecule has 0 amide bonds. The maximum absolute atomic E-state index is 10.9. The molecule has 0 saturated heterocycles. The van der Waals surface area contributed by atoms with E-state index in [1.54, 1.807) is 30.4 Å². The first-order valence-electron chi connectivity index (χ1n) is 5.23. The number of aromatic nitrogens is 2. The van der Waals surface area contributed by atoms with Crippen molar-refractivity contribution in [2.45, 2.75) is 0 Å². The highest BCUT2D eigenvalue weighted by atomic mass is 16.4. The van der Waals surface area contributed by atoms with Crippen molar-refractivity contribution in [2.75, 3.05) is 17.7 Å². The Labute approximate surface area is 104 Å². The van der Waals surface area contributed by atoms with E-state index >= 15 is 0 Å². The molecule has 92 valence electrons. The summed E-state index contributed by atoms with van der Waals surface area (Å²) in [5.74, 6) is -0.696. The van der Waals surface area contributed by atoms with Gasteiger partial charge in [-0.25, -0.2) is 9.78 Å². The van der Waals surface area contributed by atoms with Crippen LogP contribution in [0.4, 0.5) is 17.2 Å². The SMILES string of the molecule is CN(c1cccnc1)c1nc(C(=O)O)ccc1N. The molecule has 2 rings (SSSR count). The van der Waals surface area contributed by atoms with Crippen molar-refractivity contribution in [1.82, 2.24) is 9.97 Å². The van der Waals surface area contributed by atoms with Crippen LogP contribution in [0, 0.1) is 0 Å². The number of nitrogens with zero attached hydrogens (tertiary/aromatic N) is 3. The second kappa shape index (κ2) is 4.70. The molecule has 0 spiro atoms. The largest absolute Gasteiger partial charge is 0.477 e. The van der Waals surface area contributed by atoms with Crippen molar-refractivity contribution < 1.29 is 9.90 Å².